The van der Waals surface area contributed by atoms with Gasteiger partial charge in [-0.15, -0.1) is 6.42 Å². The summed E-state index contributed by atoms with van der Waals surface area (Å²) >= 11 is 0. The van der Waals surface area contributed by atoms with Gasteiger partial charge in [0, 0.05) is 0 Å². The summed E-state index contributed by atoms with van der Waals surface area (Å²) in [5.74, 6) is 1.68. The van der Waals surface area contributed by atoms with E-state index in [4.69, 9.17) is 12.2 Å². The summed E-state index contributed by atoms with van der Waals surface area (Å²) < 4.78 is 0. The third kappa shape index (κ3) is 2.20. The molecule has 0 aliphatic heterocycles. The van der Waals surface area contributed by atoms with Gasteiger partial charge in [0.05, 0.1) is 6.04 Å². The van der Waals surface area contributed by atoms with Crippen molar-refractivity contribution in [3.63, 3.8) is 0 Å². The molecule has 0 amide bonds. The van der Waals surface area contributed by atoms with Gasteiger partial charge in [0.1, 0.15) is 0 Å². The zero-order valence-corrected chi connectivity index (χ0v) is 6.64. The van der Waals surface area contributed by atoms with E-state index in [-0.39, 0.29) is 11.2 Å². The molecule has 2 N–H and O–H groups in total. The largest absolute Gasteiger partial charge is 0.320 e. The van der Waals surface area contributed by atoms with E-state index in [2.05, 4.69) is 0 Å². The Labute approximate surface area is 61.8 Å². The summed E-state index contributed by atoms with van der Waals surface area (Å²) in [4.78, 5) is 10.8. The molecule has 2 heteroatoms. The lowest BCUT2D eigenvalue weighted by Crippen LogP contribution is -2.41. The fourth-order valence-electron chi connectivity index (χ4n) is 0.483. The van der Waals surface area contributed by atoms with Crippen molar-refractivity contribution < 1.29 is 4.79 Å². The number of carbonyl (C=O) groups excluding carboxylic acids is 1. The monoisotopic (exact) mass is 139 g/mol. The summed E-state index contributed by atoms with van der Waals surface area (Å²) in [5.41, 5.74) is 5.28. The number of hydrogen-bond donors (Lipinski definition) is 1. The van der Waals surface area contributed by atoms with E-state index in [0.29, 0.717) is 0 Å². The minimum Gasteiger partial charge on any atom is -0.320 e. The second kappa shape index (κ2) is 2.85. The van der Waals surface area contributed by atoms with Gasteiger partial charge in [0.15, 0.2) is 0 Å². The molecule has 0 rings (SSSR count). The van der Waals surface area contributed by atoms with E-state index in [9.17, 15) is 4.79 Å². The Morgan fingerprint density at radius 1 is 1.60 bits per heavy atom. The molecule has 0 saturated carbocycles. The van der Waals surface area contributed by atoms with Crippen molar-refractivity contribution in [3.05, 3.63) is 0 Å². The lowest BCUT2D eigenvalue weighted by atomic mass is 9.85. The average molecular weight is 139 g/mol. The Morgan fingerprint density at radius 2 is 2.00 bits per heavy atom. The summed E-state index contributed by atoms with van der Waals surface area (Å²) in [6.07, 6.45) is 4.89. The van der Waals surface area contributed by atoms with Gasteiger partial charge < -0.3 is 5.73 Å². The number of carbonyl (C=O) groups is 1. The van der Waals surface area contributed by atoms with Gasteiger partial charge in [0.25, 0.3) is 0 Å². The fraction of sp³-hybridized carbons (Fsp3) is 0.625. The molecule has 56 valence electrons. The highest BCUT2D eigenvalue weighted by Crippen LogP contribution is 2.17. The van der Waals surface area contributed by atoms with Crippen molar-refractivity contribution in [1.82, 2.24) is 0 Å². The average Bonchev–Trinajstić information content (AvgIpc) is 1.83. The number of ketones is 1. The van der Waals surface area contributed by atoms with Crippen LogP contribution in [0, 0.1) is 17.8 Å². The maximum absolute atomic E-state index is 10.8. The predicted octanol–water partition coefficient (Wildman–Crippen LogP) is 0.562. The van der Waals surface area contributed by atoms with Crippen LogP contribution in [0.25, 0.3) is 0 Å². The van der Waals surface area contributed by atoms with Crippen LogP contribution in [0.3, 0.4) is 0 Å². The number of hydrogen-bond acceptors (Lipinski definition) is 2. The van der Waals surface area contributed by atoms with E-state index >= 15 is 0 Å². The third-order valence-electron chi connectivity index (χ3n) is 1.36. The minimum absolute atomic E-state index is 0.233. The summed E-state index contributed by atoms with van der Waals surface area (Å²) in [7, 11) is 0. The van der Waals surface area contributed by atoms with Crippen molar-refractivity contribution in [2.75, 3.05) is 0 Å². The van der Waals surface area contributed by atoms with Gasteiger partial charge in [-0.05, 0) is 11.3 Å². The maximum Gasteiger partial charge on any atom is 0.222 e. The Balaban J connectivity index is 4.26. The van der Waals surface area contributed by atoms with Crippen molar-refractivity contribution in [2.24, 2.45) is 11.1 Å². The van der Waals surface area contributed by atoms with Crippen molar-refractivity contribution in [3.8, 4) is 12.3 Å². The molecule has 0 aromatic heterocycles. The summed E-state index contributed by atoms with van der Waals surface area (Å²) in [5, 5.41) is 0. The van der Waals surface area contributed by atoms with Gasteiger partial charge >= 0.3 is 0 Å². The molecule has 1 unspecified atom stereocenters. The molecule has 0 aromatic rings. The molecule has 0 radical (unpaired) electrons. The van der Waals surface area contributed by atoms with Crippen LogP contribution in [0.15, 0.2) is 0 Å². The van der Waals surface area contributed by atoms with Gasteiger partial charge in [-0.2, -0.15) is 0 Å². The Bertz CT molecular complexity index is 171. The van der Waals surface area contributed by atoms with Crippen LogP contribution in [0.4, 0.5) is 0 Å². The first-order chi connectivity index (χ1) is 4.39. The number of terminal acetylenes is 1. The standard InChI is InChI=1S/C8H13NO/c1-5-6(10)7(9)8(2,3)4/h1,7H,9H2,2-4H3. The quantitative estimate of drug-likeness (QED) is 0.426. The van der Waals surface area contributed by atoms with Gasteiger partial charge in [-0.1, -0.05) is 20.8 Å². The van der Waals surface area contributed by atoms with Crippen LogP contribution in [0.5, 0.6) is 0 Å². The third-order valence-corrected chi connectivity index (χ3v) is 1.36. The molecule has 2 nitrogen and oxygen atoms in total. The van der Waals surface area contributed by atoms with E-state index < -0.39 is 6.04 Å². The molecule has 0 spiro atoms. The lowest BCUT2D eigenvalue weighted by molar-refractivity contribution is -0.116. The number of rotatable bonds is 1. The van der Waals surface area contributed by atoms with Crippen LogP contribution in [-0.4, -0.2) is 11.8 Å². The van der Waals surface area contributed by atoms with E-state index in [0.717, 1.165) is 0 Å². The zero-order chi connectivity index (χ0) is 8.36. The van der Waals surface area contributed by atoms with E-state index in [1.807, 2.05) is 26.7 Å². The second-order valence-corrected chi connectivity index (χ2v) is 3.35. The number of Topliss-reactive ketones (excluding diaryl/α,β-unsaturated/α-hetero) is 1. The molecule has 0 fully saturated rings. The first kappa shape index (κ1) is 9.19. The van der Waals surface area contributed by atoms with Crippen LogP contribution in [0.2, 0.25) is 0 Å². The molecule has 0 aromatic carbocycles. The van der Waals surface area contributed by atoms with Crippen molar-refractivity contribution in [1.29, 1.82) is 0 Å². The Morgan fingerprint density at radius 3 is 2.10 bits per heavy atom. The van der Waals surface area contributed by atoms with Crippen LogP contribution in [-0.2, 0) is 4.79 Å². The normalized spacial score (nSPS) is 13.9. The van der Waals surface area contributed by atoms with E-state index in [1.54, 1.807) is 0 Å². The predicted molar refractivity (Wildman–Crippen MR) is 41.3 cm³/mol. The fourth-order valence-corrected chi connectivity index (χ4v) is 0.483. The van der Waals surface area contributed by atoms with E-state index in [1.165, 1.54) is 0 Å². The first-order valence-electron chi connectivity index (χ1n) is 3.15. The van der Waals surface area contributed by atoms with Crippen LogP contribution >= 0.6 is 0 Å². The molecule has 0 aliphatic carbocycles. The SMILES string of the molecule is C#CC(=O)C(N)C(C)(C)C. The topological polar surface area (TPSA) is 43.1 Å². The van der Waals surface area contributed by atoms with Crippen LogP contribution in [0.1, 0.15) is 20.8 Å². The lowest BCUT2D eigenvalue weighted by Gasteiger charge is -2.23. The highest BCUT2D eigenvalue weighted by Gasteiger charge is 2.25. The summed E-state index contributed by atoms with van der Waals surface area (Å²) in [6, 6.07) is -0.544. The molecule has 0 bridgehead atoms. The van der Waals surface area contributed by atoms with Crippen molar-refractivity contribution >= 4 is 5.78 Å². The molecular weight excluding hydrogens is 126 g/mol. The second-order valence-electron chi connectivity index (χ2n) is 3.35. The maximum atomic E-state index is 10.8. The van der Waals surface area contributed by atoms with Gasteiger partial charge in [-0.3, -0.25) is 4.79 Å². The van der Waals surface area contributed by atoms with Gasteiger partial charge in [-0.25, -0.2) is 0 Å². The Kier molecular flexibility index (Phi) is 2.62. The molecule has 10 heavy (non-hydrogen) atoms. The first-order valence-corrected chi connectivity index (χ1v) is 3.15. The highest BCUT2D eigenvalue weighted by molar-refractivity contribution is 5.99. The van der Waals surface area contributed by atoms with Crippen LogP contribution < -0.4 is 5.73 Å². The summed E-state index contributed by atoms with van der Waals surface area (Å²) in [6.45, 7) is 5.65. The molecule has 0 aliphatic rings. The zero-order valence-electron chi connectivity index (χ0n) is 6.64. The van der Waals surface area contributed by atoms with Crippen molar-refractivity contribution in [2.45, 2.75) is 26.8 Å². The molecule has 1 atom stereocenters. The molecule has 0 saturated heterocycles. The minimum atomic E-state index is -0.544. The number of nitrogens with two attached hydrogens (primary N) is 1. The van der Waals surface area contributed by atoms with Gasteiger partial charge in [0.2, 0.25) is 5.78 Å². The molecular formula is C8H13NO. The smallest absolute Gasteiger partial charge is 0.222 e. The molecule has 0 heterocycles. The Hall–Kier alpha value is -0.810. The highest BCUT2D eigenvalue weighted by atomic mass is 16.1.